The molecular weight excluding hydrogens is 360 g/mol. The topological polar surface area (TPSA) is 84.7 Å². The number of H-pyrrole nitrogens is 1. The van der Waals surface area contributed by atoms with Gasteiger partial charge in [-0.2, -0.15) is 0 Å². The lowest BCUT2D eigenvalue weighted by Gasteiger charge is -2.03. The highest BCUT2D eigenvalue weighted by molar-refractivity contribution is 7.98. The van der Waals surface area contributed by atoms with Crippen LogP contribution in [0.5, 0.6) is 0 Å². The fourth-order valence-corrected chi connectivity index (χ4v) is 3.45. The van der Waals surface area contributed by atoms with Gasteiger partial charge in [0.15, 0.2) is 5.16 Å². The average Bonchev–Trinajstić information content (AvgIpc) is 3.08. The van der Waals surface area contributed by atoms with Gasteiger partial charge in [-0.15, -0.1) is 0 Å². The molecule has 0 fully saturated rings. The lowest BCUT2D eigenvalue weighted by molar-refractivity contribution is 0.540. The van der Waals surface area contributed by atoms with Gasteiger partial charge >= 0.3 is 0 Å². The van der Waals surface area contributed by atoms with Crippen molar-refractivity contribution >= 4 is 11.8 Å². The summed E-state index contributed by atoms with van der Waals surface area (Å²) in [6, 6.07) is 14.9. The molecule has 0 spiro atoms. The van der Waals surface area contributed by atoms with Gasteiger partial charge in [0.05, 0.1) is 11.4 Å². The molecular formula is C20H16N4O2S. The molecule has 27 heavy (non-hydrogen) atoms. The van der Waals surface area contributed by atoms with Gasteiger partial charge in [-0.3, -0.25) is 9.78 Å². The Morgan fingerprint density at radius 1 is 1.07 bits per heavy atom. The van der Waals surface area contributed by atoms with E-state index in [1.54, 1.807) is 12.4 Å². The van der Waals surface area contributed by atoms with E-state index in [0.29, 0.717) is 22.5 Å². The lowest BCUT2D eigenvalue weighted by atomic mass is 10.2. The van der Waals surface area contributed by atoms with Gasteiger partial charge < -0.3 is 9.40 Å². The third-order valence-electron chi connectivity index (χ3n) is 3.94. The van der Waals surface area contributed by atoms with Crippen molar-refractivity contribution in [3.05, 3.63) is 82.7 Å². The van der Waals surface area contributed by atoms with Crippen molar-refractivity contribution in [2.24, 2.45) is 0 Å². The Hall–Kier alpha value is -3.19. The van der Waals surface area contributed by atoms with Crippen molar-refractivity contribution in [3.8, 4) is 22.7 Å². The van der Waals surface area contributed by atoms with Crippen LogP contribution in [0.4, 0.5) is 0 Å². The molecule has 7 heteroatoms. The van der Waals surface area contributed by atoms with Crippen molar-refractivity contribution in [2.45, 2.75) is 17.8 Å². The van der Waals surface area contributed by atoms with Crippen LogP contribution in [-0.2, 0) is 5.75 Å². The van der Waals surface area contributed by atoms with Crippen LogP contribution in [0, 0.1) is 6.92 Å². The third-order valence-corrected chi connectivity index (χ3v) is 4.82. The van der Waals surface area contributed by atoms with Gasteiger partial charge in [0, 0.05) is 35.3 Å². The Kier molecular flexibility index (Phi) is 4.84. The number of benzene rings is 1. The minimum Gasteiger partial charge on any atom is -0.441 e. The maximum Gasteiger partial charge on any atom is 0.252 e. The van der Waals surface area contributed by atoms with E-state index < -0.39 is 0 Å². The van der Waals surface area contributed by atoms with E-state index in [1.807, 2.05) is 49.4 Å². The molecule has 0 amide bonds. The number of oxazole rings is 1. The number of aromatic nitrogens is 4. The normalized spacial score (nSPS) is 10.9. The second-order valence-electron chi connectivity index (χ2n) is 5.85. The Morgan fingerprint density at radius 2 is 1.89 bits per heavy atom. The maximum atomic E-state index is 12.0. The highest BCUT2D eigenvalue weighted by atomic mass is 32.2. The molecule has 0 bridgehead atoms. The molecule has 0 saturated heterocycles. The molecule has 134 valence electrons. The van der Waals surface area contributed by atoms with E-state index in [-0.39, 0.29) is 5.56 Å². The van der Waals surface area contributed by atoms with Crippen molar-refractivity contribution < 1.29 is 4.42 Å². The van der Waals surface area contributed by atoms with Gasteiger partial charge in [-0.1, -0.05) is 30.0 Å². The summed E-state index contributed by atoms with van der Waals surface area (Å²) in [5.41, 5.74) is 2.95. The summed E-state index contributed by atoms with van der Waals surface area (Å²) >= 11 is 1.41. The van der Waals surface area contributed by atoms with Crippen molar-refractivity contribution in [3.63, 3.8) is 0 Å². The summed E-state index contributed by atoms with van der Waals surface area (Å²) in [4.78, 5) is 27.9. The van der Waals surface area contributed by atoms with Gasteiger partial charge in [0.2, 0.25) is 5.89 Å². The van der Waals surface area contributed by atoms with Gasteiger partial charge in [0.1, 0.15) is 5.76 Å². The minimum absolute atomic E-state index is 0.201. The second kappa shape index (κ2) is 7.59. The summed E-state index contributed by atoms with van der Waals surface area (Å²) in [6.07, 6.45) is 3.37. The molecule has 3 heterocycles. The van der Waals surface area contributed by atoms with Crippen LogP contribution in [0.2, 0.25) is 0 Å². The van der Waals surface area contributed by atoms with Gasteiger partial charge in [0.25, 0.3) is 5.56 Å². The first-order chi connectivity index (χ1) is 13.2. The smallest absolute Gasteiger partial charge is 0.252 e. The standard InChI is InChI=1S/C20H16N4O2S/c1-13-17(22-19(26-13)14-6-3-2-4-7-14)12-27-20-23-16(10-18(25)24-20)15-8-5-9-21-11-15/h2-11H,12H2,1H3,(H,23,24,25). The molecule has 0 saturated carbocycles. The molecule has 3 aromatic heterocycles. The number of aromatic amines is 1. The van der Waals surface area contributed by atoms with Crippen LogP contribution in [0.3, 0.4) is 0 Å². The Balaban J connectivity index is 1.55. The molecule has 0 aliphatic rings. The first kappa shape index (κ1) is 17.2. The van der Waals surface area contributed by atoms with E-state index in [2.05, 4.69) is 19.9 Å². The molecule has 0 aliphatic carbocycles. The van der Waals surface area contributed by atoms with E-state index in [0.717, 1.165) is 22.6 Å². The number of thioether (sulfide) groups is 1. The van der Waals surface area contributed by atoms with Crippen LogP contribution < -0.4 is 5.56 Å². The lowest BCUT2D eigenvalue weighted by Crippen LogP contribution is -2.08. The first-order valence-corrected chi connectivity index (χ1v) is 9.34. The molecule has 4 rings (SSSR count). The first-order valence-electron chi connectivity index (χ1n) is 8.35. The number of nitrogens with zero attached hydrogens (tertiary/aromatic N) is 3. The molecule has 6 nitrogen and oxygen atoms in total. The number of pyridine rings is 1. The molecule has 1 N–H and O–H groups in total. The average molecular weight is 376 g/mol. The fourth-order valence-electron chi connectivity index (χ4n) is 2.57. The van der Waals surface area contributed by atoms with E-state index in [4.69, 9.17) is 4.42 Å². The van der Waals surface area contributed by atoms with Crippen LogP contribution in [0.1, 0.15) is 11.5 Å². The zero-order valence-electron chi connectivity index (χ0n) is 14.5. The zero-order valence-corrected chi connectivity index (χ0v) is 15.4. The summed E-state index contributed by atoms with van der Waals surface area (Å²) < 4.78 is 5.78. The number of nitrogens with one attached hydrogen (secondary N) is 1. The minimum atomic E-state index is -0.201. The van der Waals surface area contributed by atoms with Crippen molar-refractivity contribution in [1.29, 1.82) is 0 Å². The van der Waals surface area contributed by atoms with Crippen LogP contribution >= 0.6 is 11.8 Å². The highest BCUT2D eigenvalue weighted by Gasteiger charge is 2.13. The number of hydrogen-bond donors (Lipinski definition) is 1. The summed E-state index contributed by atoms with van der Waals surface area (Å²) in [5.74, 6) is 1.89. The molecule has 1 aromatic carbocycles. The molecule has 4 aromatic rings. The Bertz CT molecular complexity index is 1110. The summed E-state index contributed by atoms with van der Waals surface area (Å²) in [5, 5.41) is 0.532. The molecule has 0 aliphatic heterocycles. The molecule has 0 unspecified atom stereocenters. The summed E-state index contributed by atoms with van der Waals surface area (Å²) in [6.45, 7) is 1.89. The molecule has 0 atom stereocenters. The van der Waals surface area contributed by atoms with Crippen LogP contribution in [0.15, 0.2) is 75.3 Å². The molecule has 0 radical (unpaired) electrons. The van der Waals surface area contributed by atoms with E-state index in [1.165, 1.54) is 17.8 Å². The SMILES string of the molecule is Cc1oc(-c2ccccc2)nc1CSc1nc(-c2cccnc2)cc(=O)[nH]1. The quantitative estimate of drug-likeness (QED) is 0.417. The predicted octanol–water partition coefficient (Wildman–Crippen LogP) is 4.09. The predicted molar refractivity (Wildman–Crippen MR) is 104 cm³/mol. The number of rotatable bonds is 5. The fraction of sp³-hybridized carbons (Fsp3) is 0.100. The zero-order chi connectivity index (χ0) is 18.6. The van der Waals surface area contributed by atoms with Crippen LogP contribution in [0.25, 0.3) is 22.7 Å². The summed E-state index contributed by atoms with van der Waals surface area (Å²) in [7, 11) is 0. The number of aryl methyl sites for hydroxylation is 1. The van der Waals surface area contributed by atoms with Crippen molar-refractivity contribution in [2.75, 3.05) is 0 Å². The third kappa shape index (κ3) is 3.98. The van der Waals surface area contributed by atoms with E-state index >= 15 is 0 Å². The Labute approximate surface area is 159 Å². The monoisotopic (exact) mass is 376 g/mol. The van der Waals surface area contributed by atoms with Gasteiger partial charge in [-0.05, 0) is 31.2 Å². The van der Waals surface area contributed by atoms with Gasteiger partial charge in [-0.25, -0.2) is 9.97 Å². The van der Waals surface area contributed by atoms with Crippen LogP contribution in [-0.4, -0.2) is 19.9 Å². The van der Waals surface area contributed by atoms with Crippen molar-refractivity contribution in [1.82, 2.24) is 19.9 Å². The van der Waals surface area contributed by atoms with E-state index in [9.17, 15) is 4.79 Å². The highest BCUT2D eigenvalue weighted by Crippen LogP contribution is 2.26. The number of hydrogen-bond acceptors (Lipinski definition) is 6. The second-order valence-corrected chi connectivity index (χ2v) is 6.82. The Morgan fingerprint density at radius 3 is 2.67 bits per heavy atom. The largest absolute Gasteiger partial charge is 0.441 e. The maximum absolute atomic E-state index is 12.0.